The largest absolute Gasteiger partial charge is 0.493 e. The maximum atomic E-state index is 12.3. The second kappa shape index (κ2) is 5.76. The molecule has 6 nitrogen and oxygen atoms in total. The van der Waals surface area contributed by atoms with Crippen molar-refractivity contribution in [2.24, 2.45) is 0 Å². The van der Waals surface area contributed by atoms with Gasteiger partial charge in [-0.2, -0.15) is 0 Å². The van der Waals surface area contributed by atoms with Crippen LogP contribution in [-0.4, -0.2) is 50.5 Å². The summed E-state index contributed by atoms with van der Waals surface area (Å²) in [7, 11) is -3.51. The van der Waals surface area contributed by atoms with Crippen LogP contribution in [0.4, 0.5) is 0 Å². The Bertz CT molecular complexity index is 612. The molecule has 2 aliphatic heterocycles. The van der Waals surface area contributed by atoms with Gasteiger partial charge in [0.05, 0.1) is 17.8 Å². The van der Waals surface area contributed by atoms with Gasteiger partial charge in [-0.25, -0.2) is 8.42 Å². The van der Waals surface area contributed by atoms with Gasteiger partial charge in [0, 0.05) is 0 Å². The van der Waals surface area contributed by atoms with Crippen LogP contribution in [0.2, 0.25) is 0 Å². The molecule has 21 heavy (non-hydrogen) atoms. The highest BCUT2D eigenvalue weighted by Gasteiger charge is 2.40. The van der Waals surface area contributed by atoms with Crippen molar-refractivity contribution in [1.29, 1.82) is 0 Å². The average Bonchev–Trinajstić information content (AvgIpc) is 2.49. The molecule has 1 aromatic carbocycles. The van der Waals surface area contributed by atoms with Crippen LogP contribution in [0, 0.1) is 0 Å². The number of rotatable bonds is 3. The van der Waals surface area contributed by atoms with Crippen molar-refractivity contribution in [3.63, 3.8) is 0 Å². The molecule has 0 amide bonds. The Kier molecular flexibility index (Phi) is 3.99. The highest BCUT2D eigenvalue weighted by Crippen LogP contribution is 2.25. The zero-order valence-electron chi connectivity index (χ0n) is 11.2. The maximum Gasteiger partial charge on any atom is 0.183 e. The van der Waals surface area contributed by atoms with E-state index in [4.69, 9.17) is 14.2 Å². The summed E-state index contributed by atoms with van der Waals surface area (Å²) < 4.78 is 40.7. The predicted octanol–water partition coefficient (Wildman–Crippen LogP) is 0.475. The summed E-state index contributed by atoms with van der Waals surface area (Å²) in [6.07, 6.45) is 0.102. The van der Waals surface area contributed by atoms with E-state index in [9.17, 15) is 13.5 Å². The van der Waals surface area contributed by atoms with Gasteiger partial charge in [0.15, 0.2) is 22.2 Å². The number of hydrogen-bond donors (Lipinski definition) is 1. The first-order chi connectivity index (χ1) is 10.1. The van der Waals surface area contributed by atoms with E-state index in [1.165, 1.54) is 24.5 Å². The standard InChI is InChI=1S/C14H16O6S/c15-11-6-7-18-12-8-19-13(20-14(11)12)9-21(16,17)10-4-2-1-3-5-10/h1-7,11-15H,8-9H2/t11-,12-,13-,14+/m1/s1. The first-order valence-electron chi connectivity index (χ1n) is 6.61. The lowest BCUT2D eigenvalue weighted by Gasteiger charge is -2.39. The number of fused-ring (bicyclic) bond motifs is 1. The molecule has 0 aromatic heterocycles. The molecule has 1 fully saturated rings. The van der Waals surface area contributed by atoms with Crippen molar-refractivity contribution in [3.05, 3.63) is 42.7 Å². The van der Waals surface area contributed by atoms with E-state index < -0.39 is 34.4 Å². The summed E-state index contributed by atoms with van der Waals surface area (Å²) >= 11 is 0. The number of ether oxygens (including phenoxy) is 3. The Labute approximate surface area is 122 Å². The van der Waals surface area contributed by atoms with E-state index in [2.05, 4.69) is 0 Å². The summed E-state index contributed by atoms with van der Waals surface area (Å²) in [5, 5.41) is 9.84. The van der Waals surface area contributed by atoms with E-state index in [-0.39, 0.29) is 17.3 Å². The monoisotopic (exact) mass is 312 g/mol. The third kappa shape index (κ3) is 3.11. The molecule has 3 rings (SSSR count). The molecule has 1 aromatic rings. The van der Waals surface area contributed by atoms with Crippen LogP contribution in [0.25, 0.3) is 0 Å². The summed E-state index contributed by atoms with van der Waals surface area (Å²) in [6, 6.07) is 8.13. The van der Waals surface area contributed by atoms with Gasteiger partial charge in [-0.3, -0.25) is 0 Å². The molecular weight excluding hydrogens is 296 g/mol. The Balaban J connectivity index is 1.70. The number of sulfone groups is 1. The van der Waals surface area contributed by atoms with E-state index in [1.807, 2.05) is 0 Å². The molecule has 0 aliphatic carbocycles. The van der Waals surface area contributed by atoms with Gasteiger partial charge in [0.1, 0.15) is 18.0 Å². The SMILES string of the molecule is O=S(=O)(C[C@@H]1OC[C@H]2OC=C[C@@H](O)[C@@H]2O1)c1ccccc1. The van der Waals surface area contributed by atoms with Crippen LogP contribution in [-0.2, 0) is 24.0 Å². The first-order valence-corrected chi connectivity index (χ1v) is 8.26. The second-order valence-electron chi connectivity index (χ2n) is 4.95. The van der Waals surface area contributed by atoms with Crippen LogP contribution < -0.4 is 0 Å². The number of aliphatic hydroxyl groups is 1. The van der Waals surface area contributed by atoms with Crippen molar-refractivity contribution in [2.75, 3.05) is 12.4 Å². The first kappa shape index (κ1) is 14.5. The lowest BCUT2D eigenvalue weighted by Crippen LogP contribution is -2.52. The van der Waals surface area contributed by atoms with Crippen LogP contribution >= 0.6 is 0 Å². The molecule has 0 bridgehead atoms. The predicted molar refractivity (Wildman–Crippen MR) is 73.1 cm³/mol. The maximum absolute atomic E-state index is 12.3. The third-order valence-corrected chi connectivity index (χ3v) is 5.15. The minimum Gasteiger partial charge on any atom is -0.493 e. The van der Waals surface area contributed by atoms with Crippen LogP contribution in [0.3, 0.4) is 0 Å². The van der Waals surface area contributed by atoms with Crippen molar-refractivity contribution in [2.45, 2.75) is 29.5 Å². The fourth-order valence-electron chi connectivity index (χ4n) is 2.34. The van der Waals surface area contributed by atoms with Crippen molar-refractivity contribution >= 4 is 9.84 Å². The lowest BCUT2D eigenvalue weighted by molar-refractivity contribution is -0.263. The molecule has 0 saturated carbocycles. The minimum atomic E-state index is -3.51. The van der Waals surface area contributed by atoms with Gasteiger partial charge in [0.25, 0.3) is 0 Å². The lowest BCUT2D eigenvalue weighted by atomic mass is 10.1. The molecule has 114 valence electrons. The molecule has 7 heteroatoms. The summed E-state index contributed by atoms with van der Waals surface area (Å²) in [5.41, 5.74) is 0. The third-order valence-electron chi connectivity index (χ3n) is 3.45. The molecule has 1 saturated heterocycles. The zero-order valence-corrected chi connectivity index (χ0v) is 12.0. The molecule has 2 heterocycles. The molecular formula is C14H16O6S. The summed E-state index contributed by atoms with van der Waals surface area (Å²) in [4.78, 5) is 0.222. The summed E-state index contributed by atoms with van der Waals surface area (Å²) in [6.45, 7) is 0.182. The van der Waals surface area contributed by atoms with Crippen molar-refractivity contribution in [3.8, 4) is 0 Å². The topological polar surface area (TPSA) is 82.1 Å². The number of hydrogen-bond acceptors (Lipinski definition) is 6. The van der Waals surface area contributed by atoms with Gasteiger partial charge >= 0.3 is 0 Å². The molecule has 4 atom stereocenters. The fourth-order valence-corrected chi connectivity index (χ4v) is 3.64. The van der Waals surface area contributed by atoms with E-state index in [0.29, 0.717) is 0 Å². The molecule has 1 N–H and O–H groups in total. The zero-order chi connectivity index (χ0) is 14.9. The quantitative estimate of drug-likeness (QED) is 0.874. The van der Waals surface area contributed by atoms with Crippen LogP contribution in [0.15, 0.2) is 47.6 Å². The fraction of sp³-hybridized carbons (Fsp3) is 0.429. The van der Waals surface area contributed by atoms with Crippen LogP contribution in [0.5, 0.6) is 0 Å². The van der Waals surface area contributed by atoms with Gasteiger partial charge in [-0.05, 0) is 18.2 Å². The summed E-state index contributed by atoms with van der Waals surface area (Å²) in [5.74, 6) is -0.295. The van der Waals surface area contributed by atoms with Gasteiger partial charge in [0.2, 0.25) is 0 Å². The minimum absolute atomic E-state index is 0.182. The Morgan fingerprint density at radius 3 is 2.76 bits per heavy atom. The normalized spacial score (nSPS) is 32.2. The van der Waals surface area contributed by atoms with E-state index in [0.717, 1.165) is 0 Å². The Morgan fingerprint density at radius 1 is 1.24 bits per heavy atom. The number of aliphatic hydroxyl groups excluding tert-OH is 1. The van der Waals surface area contributed by atoms with Gasteiger partial charge in [-0.1, -0.05) is 18.2 Å². The Hall–Kier alpha value is -1.41. The van der Waals surface area contributed by atoms with Crippen molar-refractivity contribution in [1.82, 2.24) is 0 Å². The number of benzene rings is 1. The molecule has 2 aliphatic rings. The van der Waals surface area contributed by atoms with E-state index in [1.54, 1.807) is 18.2 Å². The van der Waals surface area contributed by atoms with Crippen molar-refractivity contribution < 1.29 is 27.7 Å². The molecule has 0 unspecified atom stereocenters. The average molecular weight is 312 g/mol. The highest BCUT2D eigenvalue weighted by molar-refractivity contribution is 7.91. The highest BCUT2D eigenvalue weighted by atomic mass is 32.2. The van der Waals surface area contributed by atoms with Gasteiger partial charge < -0.3 is 19.3 Å². The smallest absolute Gasteiger partial charge is 0.183 e. The molecule has 0 spiro atoms. The van der Waals surface area contributed by atoms with Crippen LogP contribution in [0.1, 0.15) is 0 Å². The Morgan fingerprint density at radius 2 is 2.00 bits per heavy atom. The molecule has 0 radical (unpaired) electrons. The second-order valence-corrected chi connectivity index (χ2v) is 6.99. The van der Waals surface area contributed by atoms with E-state index >= 15 is 0 Å². The van der Waals surface area contributed by atoms with Gasteiger partial charge in [-0.15, -0.1) is 0 Å².